The maximum absolute atomic E-state index is 5.88. The summed E-state index contributed by atoms with van der Waals surface area (Å²) >= 11 is 0. The molecule has 3 heteroatoms. The molecule has 2 aromatic rings. The largest absolute Gasteiger partial charge is 0.439 e. The quantitative estimate of drug-likeness (QED) is 0.905. The Morgan fingerprint density at radius 2 is 2.05 bits per heavy atom. The molecule has 0 spiro atoms. The zero-order valence-corrected chi connectivity index (χ0v) is 11.5. The van der Waals surface area contributed by atoms with Gasteiger partial charge in [0.1, 0.15) is 0 Å². The third kappa shape index (κ3) is 2.56. The molecule has 1 aliphatic rings. The van der Waals surface area contributed by atoms with Crippen molar-refractivity contribution >= 4 is 0 Å². The van der Waals surface area contributed by atoms with Crippen LogP contribution in [0.15, 0.2) is 34.9 Å². The van der Waals surface area contributed by atoms with Gasteiger partial charge in [-0.25, -0.2) is 4.98 Å². The molecule has 1 saturated heterocycles. The first-order valence-corrected chi connectivity index (χ1v) is 7.03. The molecule has 2 heterocycles. The molecule has 1 N–H and O–H groups in total. The lowest BCUT2D eigenvalue weighted by Gasteiger charge is -2.06. The first kappa shape index (κ1) is 12.4. The number of aromatic nitrogens is 1. The Morgan fingerprint density at radius 1 is 1.26 bits per heavy atom. The van der Waals surface area contributed by atoms with Crippen LogP contribution in [0.3, 0.4) is 0 Å². The smallest absolute Gasteiger partial charge is 0.212 e. The minimum Gasteiger partial charge on any atom is -0.439 e. The number of rotatable bonds is 3. The van der Waals surface area contributed by atoms with Gasteiger partial charge in [0.25, 0.3) is 0 Å². The molecular weight excluding hydrogens is 236 g/mol. The Bertz CT molecular complexity index is 536. The molecule has 100 valence electrons. The number of hydrogen-bond acceptors (Lipinski definition) is 3. The zero-order chi connectivity index (χ0) is 13.2. The van der Waals surface area contributed by atoms with Crippen LogP contribution in [0.4, 0.5) is 0 Å². The molecule has 3 rings (SSSR count). The second-order valence-electron chi connectivity index (χ2n) is 5.49. The van der Waals surface area contributed by atoms with E-state index in [1.54, 1.807) is 0 Å². The average molecular weight is 256 g/mol. The van der Waals surface area contributed by atoms with Gasteiger partial charge < -0.3 is 9.73 Å². The second-order valence-corrected chi connectivity index (χ2v) is 5.49. The van der Waals surface area contributed by atoms with Gasteiger partial charge in [-0.05, 0) is 30.9 Å². The molecule has 1 fully saturated rings. The SMILES string of the molecule is CC(C)c1ccc(-c2cnc(C3CCCN3)o2)cc1. The van der Waals surface area contributed by atoms with E-state index in [0.717, 1.165) is 30.2 Å². The lowest BCUT2D eigenvalue weighted by Crippen LogP contribution is -2.12. The summed E-state index contributed by atoms with van der Waals surface area (Å²) in [6.45, 7) is 5.46. The van der Waals surface area contributed by atoms with Gasteiger partial charge in [-0.2, -0.15) is 0 Å². The minimum absolute atomic E-state index is 0.295. The summed E-state index contributed by atoms with van der Waals surface area (Å²) in [4.78, 5) is 4.40. The van der Waals surface area contributed by atoms with E-state index in [1.807, 2.05) is 6.20 Å². The van der Waals surface area contributed by atoms with Gasteiger partial charge in [0.2, 0.25) is 5.89 Å². The number of hydrogen-bond donors (Lipinski definition) is 1. The van der Waals surface area contributed by atoms with Crippen molar-refractivity contribution in [3.05, 3.63) is 41.9 Å². The van der Waals surface area contributed by atoms with E-state index in [4.69, 9.17) is 4.42 Å². The summed E-state index contributed by atoms with van der Waals surface area (Å²) in [6, 6.07) is 8.85. The highest BCUT2D eigenvalue weighted by molar-refractivity contribution is 5.56. The summed E-state index contributed by atoms with van der Waals surface area (Å²) in [5.74, 6) is 2.24. The van der Waals surface area contributed by atoms with Crippen molar-refractivity contribution in [3.8, 4) is 11.3 Å². The van der Waals surface area contributed by atoms with E-state index in [9.17, 15) is 0 Å². The standard InChI is InChI=1S/C16H20N2O/c1-11(2)12-5-7-13(8-6-12)15-10-18-16(19-15)14-4-3-9-17-14/h5-8,10-11,14,17H,3-4,9H2,1-2H3. The Morgan fingerprint density at radius 3 is 2.68 bits per heavy atom. The normalized spacial score (nSPS) is 19.2. The van der Waals surface area contributed by atoms with Crippen LogP contribution in [-0.4, -0.2) is 11.5 Å². The Balaban J connectivity index is 1.81. The van der Waals surface area contributed by atoms with E-state index < -0.39 is 0 Å². The van der Waals surface area contributed by atoms with Gasteiger partial charge >= 0.3 is 0 Å². The molecule has 0 amide bonds. The van der Waals surface area contributed by atoms with E-state index in [2.05, 4.69) is 48.4 Å². The molecule has 0 aliphatic carbocycles. The molecule has 3 nitrogen and oxygen atoms in total. The molecule has 1 aliphatic heterocycles. The lowest BCUT2D eigenvalue weighted by molar-refractivity contribution is 0.437. The lowest BCUT2D eigenvalue weighted by atomic mass is 10.0. The van der Waals surface area contributed by atoms with Crippen molar-refractivity contribution in [3.63, 3.8) is 0 Å². The van der Waals surface area contributed by atoms with Crippen molar-refractivity contribution in [2.75, 3.05) is 6.54 Å². The van der Waals surface area contributed by atoms with E-state index >= 15 is 0 Å². The number of nitrogens with one attached hydrogen (secondary N) is 1. The molecular formula is C16H20N2O. The van der Waals surface area contributed by atoms with Crippen molar-refractivity contribution in [1.82, 2.24) is 10.3 Å². The topological polar surface area (TPSA) is 38.1 Å². The number of oxazole rings is 1. The van der Waals surface area contributed by atoms with Crippen molar-refractivity contribution in [1.29, 1.82) is 0 Å². The van der Waals surface area contributed by atoms with E-state index in [-0.39, 0.29) is 0 Å². The van der Waals surface area contributed by atoms with Gasteiger partial charge in [-0.15, -0.1) is 0 Å². The number of nitrogens with zero attached hydrogens (tertiary/aromatic N) is 1. The molecule has 1 unspecified atom stereocenters. The highest BCUT2D eigenvalue weighted by Crippen LogP contribution is 2.28. The van der Waals surface area contributed by atoms with Gasteiger partial charge in [0.15, 0.2) is 5.76 Å². The fourth-order valence-electron chi connectivity index (χ4n) is 2.51. The molecule has 0 radical (unpaired) electrons. The van der Waals surface area contributed by atoms with Gasteiger partial charge in [-0.3, -0.25) is 0 Å². The van der Waals surface area contributed by atoms with Crippen molar-refractivity contribution in [2.45, 2.75) is 38.6 Å². The van der Waals surface area contributed by atoms with Gasteiger partial charge in [0.05, 0.1) is 12.2 Å². The fourth-order valence-corrected chi connectivity index (χ4v) is 2.51. The van der Waals surface area contributed by atoms with Crippen molar-refractivity contribution in [2.24, 2.45) is 0 Å². The Labute approximate surface area is 114 Å². The van der Waals surface area contributed by atoms with Crippen LogP contribution in [0.5, 0.6) is 0 Å². The Kier molecular flexibility index (Phi) is 3.38. The summed E-state index contributed by atoms with van der Waals surface area (Å²) in [5, 5.41) is 3.41. The minimum atomic E-state index is 0.295. The molecule has 1 aromatic heterocycles. The predicted octanol–water partition coefficient (Wildman–Crippen LogP) is 3.89. The summed E-state index contributed by atoms with van der Waals surface area (Å²) in [5.41, 5.74) is 2.45. The monoisotopic (exact) mass is 256 g/mol. The maximum Gasteiger partial charge on any atom is 0.212 e. The van der Waals surface area contributed by atoms with Crippen molar-refractivity contribution < 1.29 is 4.42 Å². The van der Waals surface area contributed by atoms with Crippen LogP contribution >= 0.6 is 0 Å². The predicted molar refractivity (Wildman–Crippen MR) is 76.0 cm³/mol. The van der Waals surface area contributed by atoms with E-state index in [0.29, 0.717) is 12.0 Å². The zero-order valence-electron chi connectivity index (χ0n) is 11.5. The van der Waals surface area contributed by atoms with Crippen LogP contribution in [0.1, 0.15) is 50.1 Å². The summed E-state index contributed by atoms with van der Waals surface area (Å²) in [6.07, 6.45) is 4.15. The summed E-state index contributed by atoms with van der Waals surface area (Å²) < 4.78 is 5.88. The highest BCUT2D eigenvalue weighted by Gasteiger charge is 2.21. The summed E-state index contributed by atoms with van der Waals surface area (Å²) in [7, 11) is 0. The van der Waals surface area contributed by atoms with Crippen LogP contribution in [0.2, 0.25) is 0 Å². The van der Waals surface area contributed by atoms with Crippen LogP contribution in [0.25, 0.3) is 11.3 Å². The number of benzene rings is 1. The highest BCUT2D eigenvalue weighted by atomic mass is 16.4. The third-order valence-electron chi connectivity index (χ3n) is 3.74. The third-order valence-corrected chi connectivity index (χ3v) is 3.74. The molecule has 1 aromatic carbocycles. The molecule has 1 atom stereocenters. The Hall–Kier alpha value is -1.61. The van der Waals surface area contributed by atoms with Crippen LogP contribution in [-0.2, 0) is 0 Å². The first-order valence-electron chi connectivity index (χ1n) is 7.03. The average Bonchev–Trinajstić information content (AvgIpc) is 3.10. The van der Waals surface area contributed by atoms with Crippen LogP contribution in [0, 0.1) is 0 Å². The fraction of sp³-hybridized carbons (Fsp3) is 0.438. The molecule has 0 bridgehead atoms. The molecule has 0 saturated carbocycles. The van der Waals surface area contributed by atoms with Gasteiger partial charge in [0, 0.05) is 5.56 Å². The van der Waals surface area contributed by atoms with E-state index in [1.165, 1.54) is 12.0 Å². The first-order chi connectivity index (χ1) is 9.24. The maximum atomic E-state index is 5.88. The van der Waals surface area contributed by atoms with Crippen LogP contribution < -0.4 is 5.32 Å². The second kappa shape index (κ2) is 5.17. The molecule has 19 heavy (non-hydrogen) atoms. The van der Waals surface area contributed by atoms with Gasteiger partial charge in [-0.1, -0.05) is 38.1 Å².